The van der Waals surface area contributed by atoms with Crippen molar-refractivity contribution in [2.24, 2.45) is 0 Å². The number of rotatable bonds is 1. The summed E-state index contributed by atoms with van der Waals surface area (Å²) in [6, 6.07) is 16.0. The molecule has 0 N–H and O–H groups in total. The second-order valence-electron chi connectivity index (χ2n) is 5.75. The van der Waals surface area contributed by atoms with E-state index >= 15 is 0 Å². The normalized spacial score (nSPS) is 20.6. The summed E-state index contributed by atoms with van der Waals surface area (Å²) in [5, 5.41) is 0. The highest BCUT2D eigenvalue weighted by Crippen LogP contribution is 2.41. The van der Waals surface area contributed by atoms with E-state index in [0.717, 1.165) is 26.2 Å². The lowest BCUT2D eigenvalue weighted by Crippen LogP contribution is -2.44. The number of fused-ring (bicyclic) bond motifs is 3. The van der Waals surface area contributed by atoms with E-state index < -0.39 is 0 Å². The van der Waals surface area contributed by atoms with E-state index in [1.165, 1.54) is 27.9 Å². The van der Waals surface area contributed by atoms with Crippen LogP contribution in [0.25, 0.3) is 11.1 Å². The highest BCUT2D eigenvalue weighted by atomic mass is 16.5. The molecule has 0 aromatic heterocycles. The van der Waals surface area contributed by atoms with Gasteiger partial charge in [-0.25, -0.2) is 0 Å². The molecule has 1 aliphatic heterocycles. The Kier molecular flexibility index (Phi) is 2.78. The van der Waals surface area contributed by atoms with Crippen LogP contribution < -0.4 is 4.90 Å². The average Bonchev–Trinajstić information content (AvgIpc) is 2.86. The zero-order chi connectivity index (χ0) is 13.5. The van der Waals surface area contributed by atoms with E-state index in [4.69, 9.17) is 4.74 Å². The molecule has 1 unspecified atom stereocenters. The standard InChI is InChI=1S/C18H19NO/c1-13-12-20-10-9-19(13)18-8-4-7-16-15-6-3-2-5-14(15)11-17(16)18/h2-8,13H,9-12H2,1H3. The van der Waals surface area contributed by atoms with Gasteiger partial charge in [0.1, 0.15) is 0 Å². The van der Waals surface area contributed by atoms with Gasteiger partial charge in [-0.2, -0.15) is 0 Å². The number of ether oxygens (including phenoxy) is 1. The zero-order valence-corrected chi connectivity index (χ0v) is 11.8. The molecule has 2 nitrogen and oxygen atoms in total. The fourth-order valence-electron chi connectivity index (χ4n) is 3.49. The van der Waals surface area contributed by atoms with Gasteiger partial charge in [0.05, 0.1) is 13.2 Å². The van der Waals surface area contributed by atoms with Gasteiger partial charge in [0.2, 0.25) is 0 Å². The molecule has 2 heteroatoms. The minimum atomic E-state index is 0.457. The predicted octanol–water partition coefficient (Wildman–Crippen LogP) is 3.48. The number of morpholine rings is 1. The van der Waals surface area contributed by atoms with Crippen molar-refractivity contribution in [1.29, 1.82) is 0 Å². The first kappa shape index (κ1) is 12.0. The van der Waals surface area contributed by atoms with Crippen LogP contribution in [-0.4, -0.2) is 25.8 Å². The lowest BCUT2D eigenvalue weighted by molar-refractivity contribution is 0.0989. The number of anilines is 1. The van der Waals surface area contributed by atoms with Crippen LogP contribution in [0.15, 0.2) is 42.5 Å². The zero-order valence-electron chi connectivity index (χ0n) is 11.8. The first-order valence-corrected chi connectivity index (χ1v) is 7.39. The van der Waals surface area contributed by atoms with E-state index in [2.05, 4.69) is 54.3 Å². The lowest BCUT2D eigenvalue weighted by Gasteiger charge is -2.36. The monoisotopic (exact) mass is 265 g/mol. The molecule has 1 saturated heterocycles. The Morgan fingerprint density at radius 1 is 1.05 bits per heavy atom. The molecule has 0 radical (unpaired) electrons. The first-order valence-electron chi connectivity index (χ1n) is 7.39. The number of hydrogen-bond acceptors (Lipinski definition) is 2. The van der Waals surface area contributed by atoms with Gasteiger partial charge >= 0.3 is 0 Å². The maximum absolute atomic E-state index is 5.57. The summed E-state index contributed by atoms with van der Waals surface area (Å²) < 4.78 is 5.57. The van der Waals surface area contributed by atoms with Crippen molar-refractivity contribution < 1.29 is 4.74 Å². The SMILES string of the molecule is CC1COCCN1c1cccc2c1Cc1ccccc1-2. The van der Waals surface area contributed by atoms with Crippen LogP contribution in [0, 0.1) is 0 Å². The van der Waals surface area contributed by atoms with Crippen LogP contribution in [0.4, 0.5) is 5.69 Å². The summed E-state index contributed by atoms with van der Waals surface area (Å²) in [5.41, 5.74) is 7.16. The van der Waals surface area contributed by atoms with Crippen molar-refractivity contribution in [3.63, 3.8) is 0 Å². The predicted molar refractivity (Wildman–Crippen MR) is 82.3 cm³/mol. The van der Waals surface area contributed by atoms with Crippen molar-refractivity contribution in [2.45, 2.75) is 19.4 Å². The molecule has 20 heavy (non-hydrogen) atoms. The number of nitrogens with zero attached hydrogens (tertiary/aromatic N) is 1. The molecular formula is C18H19NO. The van der Waals surface area contributed by atoms with Crippen LogP contribution in [0.1, 0.15) is 18.1 Å². The molecule has 0 saturated carbocycles. The maximum Gasteiger partial charge on any atom is 0.0668 e. The summed E-state index contributed by atoms with van der Waals surface area (Å²) in [7, 11) is 0. The van der Waals surface area contributed by atoms with Crippen molar-refractivity contribution in [3.8, 4) is 11.1 Å². The first-order chi connectivity index (χ1) is 9.84. The van der Waals surface area contributed by atoms with Crippen LogP contribution >= 0.6 is 0 Å². The summed E-state index contributed by atoms with van der Waals surface area (Å²) >= 11 is 0. The topological polar surface area (TPSA) is 12.5 Å². The third-order valence-electron chi connectivity index (χ3n) is 4.50. The Morgan fingerprint density at radius 3 is 2.80 bits per heavy atom. The minimum absolute atomic E-state index is 0.457. The van der Waals surface area contributed by atoms with Gasteiger partial charge in [-0.3, -0.25) is 0 Å². The number of hydrogen-bond donors (Lipinski definition) is 0. The molecule has 4 rings (SSSR count). The molecule has 1 atom stereocenters. The molecule has 2 aliphatic rings. The van der Waals surface area contributed by atoms with Gasteiger partial charge < -0.3 is 9.64 Å². The molecule has 0 amide bonds. The summed E-state index contributed by atoms with van der Waals surface area (Å²) in [5.74, 6) is 0. The maximum atomic E-state index is 5.57. The highest BCUT2D eigenvalue weighted by Gasteiger charge is 2.26. The van der Waals surface area contributed by atoms with Gasteiger partial charge in [0.15, 0.2) is 0 Å². The third kappa shape index (κ3) is 1.75. The van der Waals surface area contributed by atoms with Gasteiger partial charge in [0, 0.05) is 24.7 Å². The van der Waals surface area contributed by atoms with Crippen LogP contribution in [0.3, 0.4) is 0 Å². The van der Waals surface area contributed by atoms with Crippen molar-refractivity contribution >= 4 is 5.69 Å². The quantitative estimate of drug-likeness (QED) is 0.668. The molecule has 1 heterocycles. The molecule has 2 aromatic carbocycles. The van der Waals surface area contributed by atoms with E-state index in [9.17, 15) is 0 Å². The van der Waals surface area contributed by atoms with E-state index in [1.807, 2.05) is 0 Å². The Balaban J connectivity index is 1.81. The highest BCUT2D eigenvalue weighted by molar-refractivity contribution is 5.82. The van der Waals surface area contributed by atoms with Gasteiger partial charge in [0.25, 0.3) is 0 Å². The van der Waals surface area contributed by atoms with Gasteiger partial charge in [-0.05, 0) is 35.2 Å². The van der Waals surface area contributed by atoms with Gasteiger partial charge in [-0.1, -0.05) is 36.4 Å². The second kappa shape index (κ2) is 4.64. The molecule has 2 aromatic rings. The van der Waals surface area contributed by atoms with Crippen LogP contribution in [0.2, 0.25) is 0 Å². The van der Waals surface area contributed by atoms with Crippen LogP contribution in [0.5, 0.6) is 0 Å². The number of benzene rings is 2. The van der Waals surface area contributed by atoms with Crippen molar-refractivity contribution in [2.75, 3.05) is 24.7 Å². The van der Waals surface area contributed by atoms with E-state index in [0.29, 0.717) is 6.04 Å². The van der Waals surface area contributed by atoms with Crippen molar-refractivity contribution in [3.05, 3.63) is 53.6 Å². The molecule has 102 valence electrons. The van der Waals surface area contributed by atoms with E-state index in [1.54, 1.807) is 0 Å². The Morgan fingerprint density at radius 2 is 1.90 bits per heavy atom. The third-order valence-corrected chi connectivity index (χ3v) is 4.50. The fourth-order valence-corrected chi connectivity index (χ4v) is 3.49. The van der Waals surface area contributed by atoms with E-state index in [-0.39, 0.29) is 0 Å². The lowest BCUT2D eigenvalue weighted by atomic mass is 10.0. The molecule has 0 bridgehead atoms. The second-order valence-corrected chi connectivity index (χ2v) is 5.75. The Hall–Kier alpha value is -1.80. The molecule has 0 spiro atoms. The van der Waals surface area contributed by atoms with Gasteiger partial charge in [-0.15, -0.1) is 0 Å². The average molecular weight is 265 g/mol. The minimum Gasteiger partial charge on any atom is -0.377 e. The fraction of sp³-hybridized carbons (Fsp3) is 0.333. The summed E-state index contributed by atoms with van der Waals surface area (Å²) in [6.45, 7) is 4.91. The Labute approximate surface area is 120 Å². The molecule has 1 aliphatic carbocycles. The molecule has 1 fully saturated rings. The van der Waals surface area contributed by atoms with Crippen molar-refractivity contribution in [1.82, 2.24) is 0 Å². The smallest absolute Gasteiger partial charge is 0.0668 e. The Bertz CT molecular complexity index is 650. The molecular weight excluding hydrogens is 246 g/mol. The summed E-state index contributed by atoms with van der Waals surface area (Å²) in [4.78, 5) is 2.51. The largest absolute Gasteiger partial charge is 0.377 e. The summed E-state index contributed by atoms with van der Waals surface area (Å²) in [6.07, 6.45) is 1.06. The van der Waals surface area contributed by atoms with Crippen LogP contribution in [-0.2, 0) is 11.2 Å².